The molecule has 0 aromatic rings. The van der Waals surface area contributed by atoms with Crippen LogP contribution in [-0.4, -0.2) is 29.3 Å². The molecule has 1 fully saturated rings. The summed E-state index contributed by atoms with van der Waals surface area (Å²) in [6.07, 6.45) is 4.14. The van der Waals surface area contributed by atoms with Crippen LogP contribution in [0, 0.1) is 5.41 Å². The zero-order valence-corrected chi connectivity index (χ0v) is 11.0. The van der Waals surface area contributed by atoms with Crippen LogP contribution in [0.1, 0.15) is 47.0 Å². The summed E-state index contributed by atoms with van der Waals surface area (Å²) >= 11 is 4.43. The Kier molecular flexibility index (Phi) is 4.32. The lowest BCUT2D eigenvalue weighted by Crippen LogP contribution is -2.48. The van der Waals surface area contributed by atoms with Gasteiger partial charge in [0, 0.05) is 18.6 Å². The molecule has 0 spiro atoms. The van der Waals surface area contributed by atoms with Crippen molar-refractivity contribution < 1.29 is 0 Å². The third-order valence-electron chi connectivity index (χ3n) is 3.41. The van der Waals surface area contributed by atoms with Crippen molar-refractivity contribution in [1.82, 2.24) is 4.90 Å². The van der Waals surface area contributed by atoms with Crippen molar-refractivity contribution in [3.05, 3.63) is 0 Å². The molecule has 2 unspecified atom stereocenters. The second-order valence-electron chi connectivity index (χ2n) is 5.62. The van der Waals surface area contributed by atoms with Gasteiger partial charge in [-0.3, -0.25) is 4.90 Å². The SMILES string of the molecule is CC1CCCC(C)N1CC(C)(C)CS. The first-order valence-corrected chi connectivity index (χ1v) is 6.46. The predicted molar refractivity (Wildman–Crippen MR) is 67.1 cm³/mol. The van der Waals surface area contributed by atoms with Gasteiger partial charge in [-0.05, 0) is 37.9 Å². The van der Waals surface area contributed by atoms with Gasteiger partial charge in [0.25, 0.3) is 0 Å². The summed E-state index contributed by atoms with van der Waals surface area (Å²) in [5.41, 5.74) is 0.350. The molecular formula is C12H25NS. The maximum atomic E-state index is 4.43. The molecule has 0 bridgehead atoms. The van der Waals surface area contributed by atoms with E-state index in [-0.39, 0.29) is 0 Å². The van der Waals surface area contributed by atoms with Gasteiger partial charge in [-0.1, -0.05) is 20.3 Å². The van der Waals surface area contributed by atoms with Crippen LogP contribution in [-0.2, 0) is 0 Å². The summed E-state index contributed by atoms with van der Waals surface area (Å²) < 4.78 is 0. The van der Waals surface area contributed by atoms with Gasteiger partial charge in [-0.15, -0.1) is 0 Å². The maximum absolute atomic E-state index is 4.43. The number of piperidine rings is 1. The Morgan fingerprint density at radius 2 is 1.71 bits per heavy atom. The fourth-order valence-electron chi connectivity index (χ4n) is 2.33. The fraction of sp³-hybridized carbons (Fsp3) is 1.00. The smallest absolute Gasteiger partial charge is 0.00699 e. The highest BCUT2D eigenvalue weighted by Crippen LogP contribution is 2.27. The van der Waals surface area contributed by atoms with Crippen molar-refractivity contribution in [2.24, 2.45) is 5.41 Å². The Hall–Kier alpha value is 0.310. The van der Waals surface area contributed by atoms with Crippen molar-refractivity contribution in [3.63, 3.8) is 0 Å². The zero-order chi connectivity index (χ0) is 10.8. The van der Waals surface area contributed by atoms with Gasteiger partial charge in [0.2, 0.25) is 0 Å². The van der Waals surface area contributed by atoms with E-state index in [0.29, 0.717) is 5.41 Å². The third kappa shape index (κ3) is 3.16. The van der Waals surface area contributed by atoms with E-state index in [1.807, 2.05) is 0 Å². The summed E-state index contributed by atoms with van der Waals surface area (Å²) in [5.74, 6) is 0.975. The van der Waals surface area contributed by atoms with E-state index in [4.69, 9.17) is 0 Å². The van der Waals surface area contributed by atoms with Gasteiger partial charge < -0.3 is 0 Å². The highest BCUT2D eigenvalue weighted by molar-refractivity contribution is 7.80. The van der Waals surface area contributed by atoms with E-state index in [1.165, 1.54) is 25.8 Å². The summed E-state index contributed by atoms with van der Waals surface area (Å²) in [7, 11) is 0. The van der Waals surface area contributed by atoms with Crippen molar-refractivity contribution in [1.29, 1.82) is 0 Å². The summed E-state index contributed by atoms with van der Waals surface area (Å²) in [4.78, 5) is 2.67. The van der Waals surface area contributed by atoms with E-state index < -0.39 is 0 Å². The maximum Gasteiger partial charge on any atom is 0.00699 e. The van der Waals surface area contributed by atoms with Crippen LogP contribution in [0.3, 0.4) is 0 Å². The second kappa shape index (κ2) is 4.89. The van der Waals surface area contributed by atoms with Crippen LogP contribution in [0.25, 0.3) is 0 Å². The average Bonchev–Trinajstić information content (AvgIpc) is 2.12. The standard InChI is InChI=1S/C12H25NS/c1-10-6-5-7-11(2)13(10)8-12(3,4)9-14/h10-11,14H,5-9H2,1-4H3. The first-order valence-electron chi connectivity index (χ1n) is 5.83. The Balaban J connectivity index is 2.56. The third-order valence-corrected chi connectivity index (χ3v) is 4.27. The topological polar surface area (TPSA) is 3.24 Å². The van der Waals surface area contributed by atoms with E-state index in [2.05, 4.69) is 45.2 Å². The molecule has 1 heterocycles. The molecule has 0 aromatic heterocycles. The van der Waals surface area contributed by atoms with Crippen molar-refractivity contribution in [2.45, 2.75) is 59.0 Å². The minimum absolute atomic E-state index is 0.350. The highest BCUT2D eigenvalue weighted by Gasteiger charge is 2.29. The molecule has 1 aliphatic rings. The molecule has 84 valence electrons. The molecule has 14 heavy (non-hydrogen) atoms. The van der Waals surface area contributed by atoms with Crippen LogP contribution in [0.4, 0.5) is 0 Å². The Morgan fingerprint density at radius 1 is 1.21 bits per heavy atom. The van der Waals surface area contributed by atoms with Gasteiger partial charge in [0.15, 0.2) is 0 Å². The van der Waals surface area contributed by atoms with Crippen LogP contribution in [0.5, 0.6) is 0 Å². The van der Waals surface area contributed by atoms with Gasteiger partial charge in [-0.25, -0.2) is 0 Å². The zero-order valence-electron chi connectivity index (χ0n) is 10.1. The van der Waals surface area contributed by atoms with Crippen LogP contribution in [0.2, 0.25) is 0 Å². The molecule has 1 aliphatic heterocycles. The lowest BCUT2D eigenvalue weighted by molar-refractivity contribution is 0.0678. The number of thiol groups is 1. The second-order valence-corrected chi connectivity index (χ2v) is 5.94. The van der Waals surface area contributed by atoms with E-state index in [1.54, 1.807) is 0 Å². The summed E-state index contributed by atoms with van der Waals surface area (Å²) in [6, 6.07) is 1.52. The number of hydrogen-bond donors (Lipinski definition) is 1. The van der Waals surface area contributed by atoms with Gasteiger partial charge in [0.05, 0.1) is 0 Å². The quantitative estimate of drug-likeness (QED) is 0.708. The lowest BCUT2D eigenvalue weighted by Gasteiger charge is -2.43. The minimum Gasteiger partial charge on any atom is -0.297 e. The summed E-state index contributed by atoms with van der Waals surface area (Å²) in [6.45, 7) is 10.6. The number of likely N-dealkylation sites (tertiary alicyclic amines) is 1. The number of rotatable bonds is 3. The van der Waals surface area contributed by atoms with E-state index >= 15 is 0 Å². The molecule has 0 saturated carbocycles. The molecule has 1 nitrogen and oxygen atoms in total. The molecule has 1 rings (SSSR count). The molecule has 0 radical (unpaired) electrons. The van der Waals surface area contributed by atoms with Gasteiger partial charge in [-0.2, -0.15) is 12.6 Å². The molecule has 0 amide bonds. The van der Waals surface area contributed by atoms with Gasteiger partial charge >= 0.3 is 0 Å². The van der Waals surface area contributed by atoms with Gasteiger partial charge in [0.1, 0.15) is 0 Å². The van der Waals surface area contributed by atoms with Crippen molar-refractivity contribution >= 4 is 12.6 Å². The lowest BCUT2D eigenvalue weighted by atomic mass is 9.90. The monoisotopic (exact) mass is 215 g/mol. The first-order chi connectivity index (χ1) is 6.46. The predicted octanol–water partition coefficient (Wildman–Crippen LogP) is 3.21. The largest absolute Gasteiger partial charge is 0.297 e. The Morgan fingerprint density at radius 3 is 2.14 bits per heavy atom. The summed E-state index contributed by atoms with van der Waals surface area (Å²) in [5, 5.41) is 0. The minimum atomic E-state index is 0.350. The Labute approximate surface area is 94.7 Å². The van der Waals surface area contributed by atoms with Crippen LogP contribution >= 0.6 is 12.6 Å². The number of nitrogens with zero attached hydrogens (tertiary/aromatic N) is 1. The van der Waals surface area contributed by atoms with Crippen molar-refractivity contribution in [3.8, 4) is 0 Å². The van der Waals surface area contributed by atoms with Crippen LogP contribution < -0.4 is 0 Å². The molecule has 1 saturated heterocycles. The van der Waals surface area contributed by atoms with E-state index in [9.17, 15) is 0 Å². The highest BCUT2D eigenvalue weighted by atomic mass is 32.1. The molecule has 2 atom stereocenters. The average molecular weight is 215 g/mol. The fourth-order valence-corrected chi connectivity index (χ4v) is 2.43. The van der Waals surface area contributed by atoms with E-state index in [0.717, 1.165) is 17.8 Å². The van der Waals surface area contributed by atoms with Crippen LogP contribution in [0.15, 0.2) is 0 Å². The molecule has 0 aliphatic carbocycles. The normalized spacial score (nSPS) is 30.6. The molecular weight excluding hydrogens is 190 g/mol. The van der Waals surface area contributed by atoms with Crippen molar-refractivity contribution in [2.75, 3.05) is 12.3 Å². The molecule has 0 N–H and O–H groups in total. The molecule has 2 heteroatoms. The Bertz CT molecular complexity index is 169. The first kappa shape index (κ1) is 12.4. The molecule has 0 aromatic carbocycles. The number of hydrogen-bond acceptors (Lipinski definition) is 2.